The Bertz CT molecular complexity index is 2140. The molecule has 65 heavy (non-hydrogen) atoms. The first kappa shape index (κ1) is 39.7. The second-order valence-electron chi connectivity index (χ2n) is 21.5. The molecule has 0 aromatic heterocycles. The summed E-state index contributed by atoms with van der Waals surface area (Å²) in [6.45, 7) is 0. The Balaban J connectivity index is 0.953. The van der Waals surface area contributed by atoms with Gasteiger partial charge in [-0.15, -0.1) is 0 Å². The fourth-order valence-corrected chi connectivity index (χ4v) is 21.5. The molecule has 10 bridgehead atoms. The third-order valence-corrected chi connectivity index (χ3v) is 21.6. The van der Waals surface area contributed by atoms with Crippen LogP contribution in [0.15, 0.2) is 0 Å². The van der Waals surface area contributed by atoms with Gasteiger partial charge < -0.3 is 56.8 Å². The molecule has 6 heterocycles. The van der Waals surface area contributed by atoms with Crippen LogP contribution in [0, 0.1) is 107 Å². The molecule has 0 aromatic rings. The molecule has 8 saturated carbocycles. The zero-order valence-corrected chi connectivity index (χ0v) is 36.7. The molecule has 348 valence electrons. The van der Waals surface area contributed by atoms with Crippen LogP contribution in [-0.4, -0.2) is 149 Å². The lowest BCUT2D eigenvalue weighted by atomic mass is 9.38. The number of ether oxygens (including phenoxy) is 12. The summed E-state index contributed by atoms with van der Waals surface area (Å²) >= 11 is 0. The highest BCUT2D eigenvalue weighted by molar-refractivity contribution is 6.04. The largest absolute Gasteiger partial charge is 0.467 e. The summed E-state index contributed by atoms with van der Waals surface area (Å²) in [6.07, 6.45) is 1.22. The fraction of sp³-hybridized carbons (Fsp3) is 0.822. The first-order valence-electron chi connectivity index (χ1n) is 22.6. The van der Waals surface area contributed by atoms with E-state index < -0.39 is 199 Å². The summed E-state index contributed by atoms with van der Waals surface area (Å²) in [6, 6.07) is 0. The lowest BCUT2D eigenvalue weighted by Crippen LogP contribution is -2.74. The van der Waals surface area contributed by atoms with E-state index in [0.717, 1.165) is 0 Å². The van der Waals surface area contributed by atoms with Crippen LogP contribution in [0.5, 0.6) is 0 Å². The molecule has 0 radical (unpaired) electrons. The van der Waals surface area contributed by atoms with E-state index in [0.29, 0.717) is 19.3 Å². The number of epoxide rings is 2. The van der Waals surface area contributed by atoms with Gasteiger partial charge in [-0.25, -0.2) is 38.4 Å². The van der Waals surface area contributed by atoms with Gasteiger partial charge in [0, 0.05) is 71.0 Å². The zero-order valence-electron chi connectivity index (χ0n) is 36.7. The lowest BCUT2D eigenvalue weighted by molar-refractivity contribution is -0.193. The van der Waals surface area contributed by atoms with Crippen LogP contribution >= 0.6 is 0 Å². The molecule has 6 saturated heterocycles. The lowest BCUT2D eigenvalue weighted by Gasteiger charge is -2.60. The highest BCUT2D eigenvalue weighted by Crippen LogP contribution is 2.93. The molecule has 0 spiro atoms. The Morgan fingerprint density at radius 3 is 0.615 bits per heavy atom. The SMILES string of the molecule is COC(=O)[C@@]12O[C@@](C(=O)OC)([C@H]3[C@H]4C[C@@H]([C@H]31)[C@H]1[C@@H]4[C@@]3(C(=O)OC)O[C@@]13C(=O)OC)[C@@H]1C3CC([C@@H]4[C@H]3[C@]3(C(=O)OC)O[C@@]4(C(=O)OC)[C@H]4[C@H]5C[C@@H]([C@H]43)[C@H]3[C@@H]5[C@@]4(C(=O)OC)O[C@@]34C(=O)OC)[C@@H]12. The van der Waals surface area contributed by atoms with Crippen molar-refractivity contribution in [2.24, 2.45) is 107 Å². The fourth-order valence-electron chi connectivity index (χ4n) is 21.5. The van der Waals surface area contributed by atoms with Gasteiger partial charge in [0.1, 0.15) is 0 Å². The van der Waals surface area contributed by atoms with E-state index in [-0.39, 0.29) is 0 Å². The van der Waals surface area contributed by atoms with Gasteiger partial charge in [-0.1, -0.05) is 0 Å². The quantitative estimate of drug-likeness (QED) is 0.120. The normalized spacial score (nSPS) is 59.9. The van der Waals surface area contributed by atoms with E-state index >= 15 is 19.2 Å². The third kappa shape index (κ3) is 3.07. The van der Waals surface area contributed by atoms with Crippen LogP contribution in [0.1, 0.15) is 19.3 Å². The number of fused-ring (bicyclic) bond motifs is 42. The Morgan fingerprint density at radius 2 is 0.446 bits per heavy atom. The highest BCUT2D eigenvalue weighted by Gasteiger charge is 3.07. The first-order chi connectivity index (χ1) is 31.1. The molecule has 14 aliphatic rings. The minimum absolute atomic E-state index is 0.359. The Labute approximate surface area is 369 Å². The van der Waals surface area contributed by atoms with Crippen molar-refractivity contribution >= 4 is 47.8 Å². The van der Waals surface area contributed by atoms with Crippen molar-refractivity contribution in [3.05, 3.63) is 0 Å². The van der Waals surface area contributed by atoms with Crippen LogP contribution in [0.3, 0.4) is 0 Å². The Kier molecular flexibility index (Phi) is 6.71. The molecular formula is C45H48O20. The van der Waals surface area contributed by atoms with Gasteiger partial charge in [-0.3, -0.25) is 0 Å². The van der Waals surface area contributed by atoms with Gasteiger partial charge in [0.15, 0.2) is 22.4 Å². The summed E-state index contributed by atoms with van der Waals surface area (Å²) in [5.41, 5.74) is -13.9. The number of esters is 8. The Morgan fingerprint density at radius 1 is 0.277 bits per heavy atom. The van der Waals surface area contributed by atoms with Gasteiger partial charge in [-0.2, -0.15) is 0 Å². The smallest absolute Gasteiger partial charge is 0.342 e. The zero-order chi connectivity index (χ0) is 45.6. The number of hydrogen-bond donors (Lipinski definition) is 0. The molecular weight excluding hydrogens is 860 g/mol. The molecule has 2 unspecified atom stereocenters. The van der Waals surface area contributed by atoms with E-state index in [9.17, 15) is 19.2 Å². The number of carbonyl (C=O) groups excluding carboxylic acids is 8. The van der Waals surface area contributed by atoms with Gasteiger partial charge in [0.25, 0.3) is 0 Å². The van der Waals surface area contributed by atoms with Crippen LogP contribution in [0.4, 0.5) is 0 Å². The van der Waals surface area contributed by atoms with E-state index in [1.54, 1.807) is 0 Å². The van der Waals surface area contributed by atoms with Crippen LogP contribution < -0.4 is 0 Å². The van der Waals surface area contributed by atoms with Crippen molar-refractivity contribution in [3.63, 3.8) is 0 Å². The summed E-state index contributed by atoms with van der Waals surface area (Å²) in [4.78, 5) is 115. The van der Waals surface area contributed by atoms with Gasteiger partial charge in [0.2, 0.25) is 22.4 Å². The first-order valence-corrected chi connectivity index (χ1v) is 22.6. The molecule has 0 N–H and O–H groups in total. The predicted molar refractivity (Wildman–Crippen MR) is 199 cm³/mol. The van der Waals surface area contributed by atoms with Crippen molar-refractivity contribution in [1.82, 2.24) is 0 Å². The number of hydrogen-bond acceptors (Lipinski definition) is 20. The van der Waals surface area contributed by atoms with Gasteiger partial charge in [-0.05, 0) is 54.8 Å². The number of rotatable bonds is 8. The summed E-state index contributed by atoms with van der Waals surface area (Å²) in [5.74, 6) is -17.4. The molecule has 6 aliphatic heterocycles. The highest BCUT2D eigenvalue weighted by atomic mass is 16.7. The average Bonchev–Trinajstić information content (AvgIpc) is 4.09. The van der Waals surface area contributed by atoms with Crippen LogP contribution in [0.2, 0.25) is 0 Å². The topological polar surface area (TPSA) is 254 Å². The monoisotopic (exact) mass is 908 g/mol. The summed E-state index contributed by atoms with van der Waals surface area (Å²) in [5, 5.41) is 0. The molecule has 20 nitrogen and oxygen atoms in total. The molecule has 8 aliphatic carbocycles. The maximum atomic E-state index is 15.1. The third-order valence-electron chi connectivity index (χ3n) is 21.6. The van der Waals surface area contributed by atoms with E-state index in [2.05, 4.69) is 0 Å². The van der Waals surface area contributed by atoms with Crippen LogP contribution in [-0.2, 0) is 95.2 Å². The predicted octanol–water partition coefficient (Wildman–Crippen LogP) is -1.20. The molecule has 14 fully saturated rings. The minimum atomic E-state index is -1.82. The second-order valence-corrected chi connectivity index (χ2v) is 21.5. The average molecular weight is 909 g/mol. The van der Waals surface area contributed by atoms with Gasteiger partial charge >= 0.3 is 47.8 Å². The number of carbonyl (C=O) groups is 8. The van der Waals surface area contributed by atoms with Gasteiger partial charge in [0.05, 0.1) is 56.9 Å². The van der Waals surface area contributed by atoms with Crippen molar-refractivity contribution < 1.29 is 95.2 Å². The van der Waals surface area contributed by atoms with Crippen LogP contribution in [0.25, 0.3) is 0 Å². The molecule has 20 heteroatoms. The maximum absolute atomic E-state index is 15.1. The second kappa shape index (κ2) is 11.0. The maximum Gasteiger partial charge on any atom is 0.342 e. The van der Waals surface area contributed by atoms with Crippen molar-refractivity contribution in [3.8, 4) is 0 Å². The van der Waals surface area contributed by atoms with Crippen molar-refractivity contribution in [2.45, 2.75) is 64.1 Å². The Hall–Kier alpha value is -4.40. The van der Waals surface area contributed by atoms with Crippen molar-refractivity contribution in [1.29, 1.82) is 0 Å². The summed E-state index contributed by atoms with van der Waals surface area (Å²) < 4.78 is 70.9. The minimum Gasteiger partial charge on any atom is -0.467 e. The molecule has 14 rings (SSSR count). The summed E-state index contributed by atoms with van der Waals surface area (Å²) in [7, 11) is 9.87. The molecule has 0 amide bonds. The molecule has 0 aromatic carbocycles. The van der Waals surface area contributed by atoms with E-state index in [1.807, 2.05) is 0 Å². The molecule has 26 atom stereocenters. The van der Waals surface area contributed by atoms with E-state index in [1.165, 1.54) is 56.9 Å². The standard InChI is InChI=1S/C45H48O20/c1-54-30(46)38-18-12-9-13(19(18)39(62-38,31(47)55-2)23-15-10-14(22(23)38)26-27(15)43(35(51)59-6)42(26,64-43)34(50)58-5)21-20(12)40(32(48)56-3)24-16-11-17(25(24)41(21,63-40)33(49)57-4)29-28(16)44(36(52)60-7)45(29,65-44)37(53)61-8/h12-29H,9-11H2,1-8H3/t12?,13?,14-,15+,16+,17-,18-,19+,20+,21-,22+,23-,24-,25+,26-,27+,28+,29-,38-,39+,40+,41-,42+,43-,44-,45+. The van der Waals surface area contributed by atoms with E-state index in [4.69, 9.17) is 56.8 Å². The number of methoxy groups -OCH3 is 8. The van der Waals surface area contributed by atoms with Crippen molar-refractivity contribution in [2.75, 3.05) is 56.9 Å².